The van der Waals surface area contributed by atoms with Crippen LogP contribution in [0.25, 0.3) is 6.08 Å². The van der Waals surface area contributed by atoms with Gasteiger partial charge in [-0.15, -0.1) is 11.6 Å². The van der Waals surface area contributed by atoms with Crippen molar-refractivity contribution in [3.05, 3.63) is 66.2 Å². The summed E-state index contributed by atoms with van der Waals surface area (Å²) in [5.41, 5.74) is 1.70. The highest BCUT2D eigenvalue weighted by Crippen LogP contribution is 2.17. The zero-order valence-electron chi connectivity index (χ0n) is 12.9. The molecule has 0 fully saturated rings. The van der Waals surface area contributed by atoms with Gasteiger partial charge in [0.1, 0.15) is 5.75 Å². The molecule has 0 bridgehead atoms. The summed E-state index contributed by atoms with van der Waals surface area (Å²) in [5, 5.41) is 2.83. The van der Waals surface area contributed by atoms with E-state index in [1.807, 2.05) is 54.6 Å². The fourth-order valence-corrected chi connectivity index (χ4v) is 2.16. The third-order valence-electron chi connectivity index (χ3n) is 3.13. The van der Waals surface area contributed by atoms with Crippen molar-refractivity contribution >= 4 is 29.3 Å². The minimum Gasteiger partial charge on any atom is -0.494 e. The molecule has 4 heteroatoms. The van der Waals surface area contributed by atoms with E-state index in [0.29, 0.717) is 18.2 Å². The number of carbonyl (C=O) groups excluding carboxylic acids is 1. The molecule has 23 heavy (non-hydrogen) atoms. The van der Waals surface area contributed by atoms with E-state index in [1.54, 1.807) is 6.08 Å². The first-order valence-corrected chi connectivity index (χ1v) is 8.14. The number of nitrogens with one attached hydrogen (secondary N) is 1. The van der Waals surface area contributed by atoms with Crippen LogP contribution in [0.5, 0.6) is 5.75 Å². The molecule has 3 nitrogen and oxygen atoms in total. The van der Waals surface area contributed by atoms with Crippen molar-refractivity contribution in [2.75, 3.05) is 17.8 Å². The molecule has 120 valence electrons. The summed E-state index contributed by atoms with van der Waals surface area (Å²) in [6, 6.07) is 17.1. The molecule has 0 aliphatic rings. The number of carbonyl (C=O) groups is 1. The Bertz CT molecular complexity index is 641. The van der Waals surface area contributed by atoms with Crippen molar-refractivity contribution in [1.82, 2.24) is 0 Å². The fraction of sp³-hybridized carbons (Fsp3) is 0.211. The lowest BCUT2D eigenvalue weighted by molar-refractivity contribution is -0.111. The first-order chi connectivity index (χ1) is 11.3. The van der Waals surface area contributed by atoms with Gasteiger partial charge in [-0.25, -0.2) is 0 Å². The van der Waals surface area contributed by atoms with Crippen LogP contribution in [-0.4, -0.2) is 18.4 Å². The van der Waals surface area contributed by atoms with Crippen LogP contribution in [-0.2, 0) is 4.79 Å². The normalized spacial score (nSPS) is 10.7. The van der Waals surface area contributed by atoms with E-state index in [-0.39, 0.29) is 5.91 Å². The molecule has 0 saturated carbocycles. The summed E-state index contributed by atoms with van der Waals surface area (Å²) in [6.45, 7) is 0.623. The molecule has 2 aromatic rings. The minimum atomic E-state index is -0.173. The second kappa shape index (κ2) is 9.70. The Kier molecular flexibility index (Phi) is 7.21. The summed E-state index contributed by atoms with van der Waals surface area (Å²) in [6.07, 6.45) is 5.15. The largest absolute Gasteiger partial charge is 0.494 e. The van der Waals surface area contributed by atoms with Crippen LogP contribution in [0, 0.1) is 0 Å². The number of alkyl halides is 1. The molecule has 0 spiro atoms. The van der Waals surface area contributed by atoms with Gasteiger partial charge in [0.05, 0.1) is 6.61 Å². The lowest BCUT2D eigenvalue weighted by atomic mass is 10.2. The number of benzene rings is 2. The molecule has 1 N–H and O–H groups in total. The van der Waals surface area contributed by atoms with E-state index in [1.165, 1.54) is 6.08 Å². The Morgan fingerprint density at radius 2 is 1.91 bits per heavy atom. The monoisotopic (exact) mass is 329 g/mol. The Morgan fingerprint density at radius 1 is 1.09 bits per heavy atom. The van der Waals surface area contributed by atoms with Crippen molar-refractivity contribution < 1.29 is 9.53 Å². The average molecular weight is 330 g/mol. The summed E-state index contributed by atoms with van der Waals surface area (Å²) in [7, 11) is 0. The van der Waals surface area contributed by atoms with Crippen LogP contribution in [0.15, 0.2) is 60.7 Å². The highest BCUT2D eigenvalue weighted by Gasteiger charge is 2.00. The molecule has 0 unspecified atom stereocenters. The maximum Gasteiger partial charge on any atom is 0.248 e. The molecule has 0 atom stereocenters. The minimum absolute atomic E-state index is 0.173. The summed E-state index contributed by atoms with van der Waals surface area (Å²) < 4.78 is 5.63. The van der Waals surface area contributed by atoms with Gasteiger partial charge in [-0.3, -0.25) is 4.79 Å². The summed E-state index contributed by atoms with van der Waals surface area (Å²) in [4.78, 5) is 11.9. The predicted octanol–water partition coefficient (Wildman–Crippen LogP) is 4.74. The third-order valence-corrected chi connectivity index (χ3v) is 3.39. The van der Waals surface area contributed by atoms with Crippen LogP contribution >= 0.6 is 11.6 Å². The molecular weight excluding hydrogens is 310 g/mol. The van der Waals surface area contributed by atoms with E-state index in [2.05, 4.69) is 5.32 Å². The topological polar surface area (TPSA) is 38.3 Å². The van der Waals surface area contributed by atoms with Gasteiger partial charge in [0.25, 0.3) is 0 Å². The SMILES string of the molecule is O=C(/C=C/c1ccccc1)Nc1cccc(OCCCCCl)c1. The van der Waals surface area contributed by atoms with E-state index < -0.39 is 0 Å². The molecule has 1 amide bonds. The van der Waals surface area contributed by atoms with Gasteiger partial charge in [0.2, 0.25) is 5.91 Å². The van der Waals surface area contributed by atoms with Crippen LogP contribution < -0.4 is 10.1 Å². The lowest BCUT2D eigenvalue weighted by Gasteiger charge is -2.08. The van der Waals surface area contributed by atoms with Gasteiger partial charge < -0.3 is 10.1 Å². The quantitative estimate of drug-likeness (QED) is 0.431. The molecule has 2 aromatic carbocycles. The van der Waals surface area contributed by atoms with Crippen molar-refractivity contribution in [3.8, 4) is 5.75 Å². The highest BCUT2D eigenvalue weighted by atomic mass is 35.5. The van der Waals surface area contributed by atoms with Crippen molar-refractivity contribution in [2.45, 2.75) is 12.8 Å². The molecule has 0 aliphatic heterocycles. The number of amides is 1. The maximum absolute atomic E-state index is 11.9. The number of ether oxygens (including phenoxy) is 1. The van der Waals surface area contributed by atoms with E-state index in [9.17, 15) is 4.79 Å². The van der Waals surface area contributed by atoms with Gasteiger partial charge in [-0.2, -0.15) is 0 Å². The second-order valence-corrected chi connectivity index (χ2v) is 5.38. The van der Waals surface area contributed by atoms with Gasteiger partial charge in [0.15, 0.2) is 0 Å². The maximum atomic E-state index is 11.9. The van der Waals surface area contributed by atoms with Crippen LogP contribution in [0.3, 0.4) is 0 Å². The first-order valence-electron chi connectivity index (χ1n) is 7.61. The van der Waals surface area contributed by atoms with Crippen molar-refractivity contribution in [3.63, 3.8) is 0 Å². The van der Waals surface area contributed by atoms with E-state index >= 15 is 0 Å². The van der Waals surface area contributed by atoms with E-state index in [0.717, 1.165) is 24.2 Å². The summed E-state index contributed by atoms with van der Waals surface area (Å²) >= 11 is 5.63. The molecule has 0 radical (unpaired) electrons. The van der Waals surface area contributed by atoms with Crippen LogP contribution in [0.1, 0.15) is 18.4 Å². The van der Waals surface area contributed by atoms with Crippen molar-refractivity contribution in [1.29, 1.82) is 0 Å². The Labute approximate surface area is 141 Å². The molecule has 0 aromatic heterocycles. The molecule has 0 heterocycles. The van der Waals surface area contributed by atoms with Crippen LogP contribution in [0.4, 0.5) is 5.69 Å². The number of anilines is 1. The van der Waals surface area contributed by atoms with Gasteiger partial charge in [-0.1, -0.05) is 36.4 Å². The smallest absolute Gasteiger partial charge is 0.248 e. The highest BCUT2D eigenvalue weighted by molar-refractivity contribution is 6.17. The molecule has 0 aliphatic carbocycles. The third kappa shape index (κ3) is 6.57. The van der Waals surface area contributed by atoms with Crippen LogP contribution in [0.2, 0.25) is 0 Å². The standard InChI is InChI=1S/C19H20ClNO2/c20-13-4-5-14-23-18-10-6-9-17(15-18)21-19(22)12-11-16-7-2-1-3-8-16/h1-3,6-12,15H,4-5,13-14H2,(H,21,22)/b12-11+. The molecular formula is C19H20ClNO2. The number of hydrogen-bond acceptors (Lipinski definition) is 2. The summed E-state index contributed by atoms with van der Waals surface area (Å²) in [5.74, 6) is 1.21. The fourth-order valence-electron chi connectivity index (χ4n) is 1.97. The number of halogens is 1. The zero-order chi connectivity index (χ0) is 16.3. The second-order valence-electron chi connectivity index (χ2n) is 5.01. The molecule has 2 rings (SSSR count). The average Bonchev–Trinajstić information content (AvgIpc) is 2.58. The number of rotatable bonds is 8. The number of unbranched alkanes of at least 4 members (excludes halogenated alkanes) is 1. The lowest BCUT2D eigenvalue weighted by Crippen LogP contribution is -2.08. The molecule has 0 saturated heterocycles. The van der Waals surface area contributed by atoms with Gasteiger partial charge in [-0.05, 0) is 36.6 Å². The van der Waals surface area contributed by atoms with Gasteiger partial charge >= 0.3 is 0 Å². The predicted molar refractivity (Wildman–Crippen MR) is 96.0 cm³/mol. The van der Waals surface area contributed by atoms with E-state index in [4.69, 9.17) is 16.3 Å². The number of hydrogen-bond donors (Lipinski definition) is 1. The van der Waals surface area contributed by atoms with Crippen molar-refractivity contribution in [2.24, 2.45) is 0 Å². The first kappa shape index (κ1) is 17.1. The Balaban J connectivity index is 1.87. The zero-order valence-corrected chi connectivity index (χ0v) is 13.6. The van der Waals surface area contributed by atoms with Gasteiger partial charge in [0, 0.05) is 23.7 Å². The Hall–Kier alpha value is -2.26. The Morgan fingerprint density at radius 3 is 2.70 bits per heavy atom.